The summed E-state index contributed by atoms with van der Waals surface area (Å²) in [5.74, 6) is 0.0419. The van der Waals surface area contributed by atoms with Crippen LogP contribution >= 0.6 is 11.8 Å². The van der Waals surface area contributed by atoms with Gasteiger partial charge in [-0.25, -0.2) is 0 Å². The summed E-state index contributed by atoms with van der Waals surface area (Å²) in [6, 6.07) is 9.76. The third kappa shape index (κ3) is 4.42. The SMILES string of the molecule is Cn1cc(CCSC(Cc2ccccc2)C(=O)O)cn1. The summed E-state index contributed by atoms with van der Waals surface area (Å²) < 4.78 is 1.76. The monoisotopic (exact) mass is 290 g/mol. The Balaban J connectivity index is 1.85. The van der Waals surface area contributed by atoms with Crippen LogP contribution < -0.4 is 0 Å². The Labute approximate surface area is 122 Å². The normalized spacial score (nSPS) is 12.2. The van der Waals surface area contributed by atoms with Gasteiger partial charge in [-0.05, 0) is 29.7 Å². The first kappa shape index (κ1) is 14.7. The largest absolute Gasteiger partial charge is 0.480 e. The van der Waals surface area contributed by atoms with Crippen molar-refractivity contribution < 1.29 is 9.90 Å². The Hall–Kier alpha value is -1.75. The Morgan fingerprint density at radius 2 is 2.10 bits per heavy atom. The third-order valence-electron chi connectivity index (χ3n) is 3.01. The predicted molar refractivity (Wildman–Crippen MR) is 80.9 cm³/mol. The number of aromatic nitrogens is 2. The minimum absolute atomic E-state index is 0.394. The van der Waals surface area contributed by atoms with Crippen LogP contribution in [0, 0.1) is 0 Å². The summed E-state index contributed by atoms with van der Waals surface area (Å²) in [6.07, 6.45) is 5.20. The van der Waals surface area contributed by atoms with Crippen LogP contribution in [0.25, 0.3) is 0 Å². The van der Waals surface area contributed by atoms with Gasteiger partial charge in [0.2, 0.25) is 0 Å². The van der Waals surface area contributed by atoms with Gasteiger partial charge in [0.1, 0.15) is 5.25 Å². The van der Waals surface area contributed by atoms with Gasteiger partial charge in [0.05, 0.1) is 6.20 Å². The van der Waals surface area contributed by atoms with Crippen molar-refractivity contribution in [1.29, 1.82) is 0 Å². The molecule has 1 unspecified atom stereocenters. The number of benzene rings is 1. The molecule has 1 N–H and O–H groups in total. The fourth-order valence-electron chi connectivity index (χ4n) is 1.97. The number of hydrogen-bond acceptors (Lipinski definition) is 3. The van der Waals surface area contributed by atoms with Gasteiger partial charge in [0.15, 0.2) is 0 Å². The molecule has 106 valence electrons. The number of aliphatic carboxylic acids is 1. The average molecular weight is 290 g/mol. The highest BCUT2D eigenvalue weighted by atomic mass is 32.2. The summed E-state index contributed by atoms with van der Waals surface area (Å²) in [6.45, 7) is 0. The van der Waals surface area contributed by atoms with Crippen molar-refractivity contribution in [2.45, 2.75) is 18.1 Å². The average Bonchev–Trinajstić information content (AvgIpc) is 2.84. The number of carboxylic acid groups (broad SMARTS) is 1. The second kappa shape index (κ2) is 7.14. The van der Waals surface area contributed by atoms with Crippen LogP contribution in [0.3, 0.4) is 0 Å². The van der Waals surface area contributed by atoms with Gasteiger partial charge in [-0.3, -0.25) is 9.48 Å². The number of hydrogen-bond donors (Lipinski definition) is 1. The van der Waals surface area contributed by atoms with Crippen molar-refractivity contribution in [2.75, 3.05) is 5.75 Å². The number of nitrogens with zero attached hydrogens (tertiary/aromatic N) is 2. The maximum Gasteiger partial charge on any atom is 0.316 e. The lowest BCUT2D eigenvalue weighted by Crippen LogP contribution is -2.20. The van der Waals surface area contributed by atoms with Crippen LogP contribution in [0.5, 0.6) is 0 Å². The molecule has 2 aromatic rings. The minimum Gasteiger partial charge on any atom is -0.480 e. The van der Waals surface area contributed by atoms with Crippen molar-refractivity contribution in [2.24, 2.45) is 7.05 Å². The summed E-state index contributed by atoms with van der Waals surface area (Å²) >= 11 is 1.49. The summed E-state index contributed by atoms with van der Waals surface area (Å²) in [7, 11) is 1.88. The fourth-order valence-corrected chi connectivity index (χ4v) is 3.06. The molecule has 4 nitrogen and oxygen atoms in total. The van der Waals surface area contributed by atoms with E-state index in [1.165, 1.54) is 11.8 Å². The van der Waals surface area contributed by atoms with E-state index in [1.54, 1.807) is 4.68 Å². The molecule has 1 aromatic heterocycles. The molecule has 0 amide bonds. The quantitative estimate of drug-likeness (QED) is 0.850. The molecule has 0 radical (unpaired) electrons. The molecular formula is C15H18N2O2S. The second-order valence-corrected chi connectivity index (χ2v) is 5.97. The lowest BCUT2D eigenvalue weighted by atomic mass is 10.1. The summed E-state index contributed by atoms with van der Waals surface area (Å²) in [5.41, 5.74) is 2.21. The minimum atomic E-state index is -0.745. The third-order valence-corrected chi connectivity index (χ3v) is 4.22. The van der Waals surface area contributed by atoms with E-state index in [-0.39, 0.29) is 0 Å². The van der Waals surface area contributed by atoms with Crippen molar-refractivity contribution in [3.63, 3.8) is 0 Å². The Bertz CT molecular complexity index is 554. The molecule has 0 aliphatic heterocycles. The zero-order chi connectivity index (χ0) is 14.4. The van der Waals surface area contributed by atoms with Crippen LogP contribution in [0.4, 0.5) is 0 Å². The van der Waals surface area contributed by atoms with Gasteiger partial charge in [-0.2, -0.15) is 5.10 Å². The van der Waals surface area contributed by atoms with Crippen LogP contribution in [0.15, 0.2) is 42.7 Å². The van der Waals surface area contributed by atoms with Gasteiger partial charge in [0, 0.05) is 13.2 Å². The van der Waals surface area contributed by atoms with Gasteiger partial charge >= 0.3 is 5.97 Å². The van der Waals surface area contributed by atoms with Gasteiger partial charge in [-0.1, -0.05) is 30.3 Å². The fraction of sp³-hybridized carbons (Fsp3) is 0.333. The molecule has 0 saturated carbocycles. The van der Waals surface area contributed by atoms with Crippen LogP contribution in [-0.2, 0) is 24.7 Å². The van der Waals surface area contributed by atoms with E-state index in [9.17, 15) is 9.90 Å². The lowest BCUT2D eigenvalue weighted by molar-refractivity contribution is -0.136. The Morgan fingerprint density at radius 1 is 1.35 bits per heavy atom. The van der Waals surface area contributed by atoms with E-state index in [2.05, 4.69) is 5.10 Å². The highest BCUT2D eigenvalue weighted by Crippen LogP contribution is 2.18. The first-order valence-electron chi connectivity index (χ1n) is 6.51. The molecule has 0 fully saturated rings. The van der Waals surface area contributed by atoms with Crippen molar-refractivity contribution >= 4 is 17.7 Å². The topological polar surface area (TPSA) is 55.1 Å². The Kier molecular flexibility index (Phi) is 5.24. The standard InChI is InChI=1S/C15H18N2O2S/c1-17-11-13(10-16-17)7-8-20-14(15(18)19)9-12-5-3-2-4-6-12/h2-6,10-11,14H,7-9H2,1H3,(H,18,19). The predicted octanol–water partition coefficient (Wildman–Crippen LogP) is 2.39. The number of aryl methyl sites for hydroxylation is 2. The van der Waals surface area contributed by atoms with Gasteiger partial charge in [0.25, 0.3) is 0 Å². The zero-order valence-electron chi connectivity index (χ0n) is 11.4. The van der Waals surface area contributed by atoms with Crippen molar-refractivity contribution in [3.8, 4) is 0 Å². The van der Waals surface area contributed by atoms with E-state index in [0.29, 0.717) is 6.42 Å². The Morgan fingerprint density at radius 3 is 2.70 bits per heavy atom. The first-order chi connectivity index (χ1) is 9.65. The molecule has 0 saturated heterocycles. The molecule has 0 spiro atoms. The van der Waals surface area contributed by atoms with Gasteiger partial charge in [-0.15, -0.1) is 11.8 Å². The van der Waals surface area contributed by atoms with Crippen molar-refractivity contribution in [3.05, 3.63) is 53.9 Å². The summed E-state index contributed by atoms with van der Waals surface area (Å²) in [4.78, 5) is 11.3. The highest BCUT2D eigenvalue weighted by Gasteiger charge is 2.18. The smallest absolute Gasteiger partial charge is 0.316 e. The molecule has 0 aliphatic rings. The highest BCUT2D eigenvalue weighted by molar-refractivity contribution is 8.00. The van der Waals surface area contributed by atoms with E-state index in [1.807, 2.05) is 49.8 Å². The number of carboxylic acids is 1. The molecule has 1 aromatic carbocycles. The van der Waals surface area contributed by atoms with Crippen LogP contribution in [0.1, 0.15) is 11.1 Å². The molecule has 0 aliphatic carbocycles. The maximum atomic E-state index is 11.3. The molecule has 1 atom stereocenters. The number of carbonyl (C=O) groups is 1. The zero-order valence-corrected chi connectivity index (χ0v) is 12.2. The van der Waals surface area contributed by atoms with E-state index in [4.69, 9.17) is 0 Å². The molecule has 5 heteroatoms. The maximum absolute atomic E-state index is 11.3. The van der Waals surface area contributed by atoms with E-state index in [0.717, 1.165) is 23.3 Å². The molecule has 1 heterocycles. The molecular weight excluding hydrogens is 272 g/mol. The second-order valence-electron chi connectivity index (χ2n) is 4.66. The molecule has 2 rings (SSSR count). The molecule has 0 bridgehead atoms. The number of thioether (sulfide) groups is 1. The molecule has 20 heavy (non-hydrogen) atoms. The number of rotatable bonds is 7. The first-order valence-corrected chi connectivity index (χ1v) is 7.56. The summed E-state index contributed by atoms with van der Waals surface area (Å²) in [5, 5.41) is 13.0. The van der Waals surface area contributed by atoms with Crippen LogP contribution in [-0.4, -0.2) is 31.9 Å². The van der Waals surface area contributed by atoms with Crippen LogP contribution in [0.2, 0.25) is 0 Å². The van der Waals surface area contributed by atoms with Crippen molar-refractivity contribution in [1.82, 2.24) is 9.78 Å². The van der Waals surface area contributed by atoms with E-state index >= 15 is 0 Å². The van der Waals surface area contributed by atoms with Gasteiger partial charge < -0.3 is 5.11 Å². The van der Waals surface area contributed by atoms with E-state index < -0.39 is 11.2 Å². The lowest BCUT2D eigenvalue weighted by Gasteiger charge is -2.11.